The lowest BCUT2D eigenvalue weighted by molar-refractivity contribution is -0.122. The Hall–Kier alpha value is -1.78. The Bertz CT molecular complexity index is 602. The Morgan fingerprint density at radius 2 is 2.00 bits per heavy atom. The van der Waals surface area contributed by atoms with Crippen molar-refractivity contribution < 1.29 is 9.53 Å². The third-order valence-corrected chi connectivity index (χ3v) is 3.02. The summed E-state index contributed by atoms with van der Waals surface area (Å²) < 4.78 is 5.51. The van der Waals surface area contributed by atoms with Crippen LogP contribution in [0.15, 0.2) is 42.6 Å². The molecule has 0 aliphatic rings. The molecule has 104 valence electrons. The molecule has 0 saturated carbocycles. The van der Waals surface area contributed by atoms with Crippen molar-refractivity contribution in [1.29, 1.82) is 0 Å². The minimum Gasteiger partial charge on any atom is -0.479 e. The number of amides is 1. The van der Waals surface area contributed by atoms with E-state index < -0.39 is 6.10 Å². The van der Waals surface area contributed by atoms with Gasteiger partial charge in [-0.15, -0.1) is 0 Å². The van der Waals surface area contributed by atoms with Crippen molar-refractivity contribution in [3.05, 3.63) is 52.6 Å². The topological polar surface area (TPSA) is 51.2 Å². The number of ether oxygens (including phenoxy) is 1. The number of aromatic nitrogens is 1. The van der Waals surface area contributed by atoms with Gasteiger partial charge in [0.05, 0.1) is 10.0 Å². The molecule has 1 unspecified atom stereocenters. The van der Waals surface area contributed by atoms with Crippen LogP contribution in [0.1, 0.15) is 6.92 Å². The predicted molar refractivity (Wildman–Crippen MR) is 79.4 cm³/mol. The summed E-state index contributed by atoms with van der Waals surface area (Å²) in [6.07, 6.45) is 0.754. The molecule has 1 heterocycles. The van der Waals surface area contributed by atoms with E-state index in [0.717, 1.165) is 0 Å². The van der Waals surface area contributed by atoms with Gasteiger partial charge in [-0.1, -0.05) is 35.3 Å². The van der Waals surface area contributed by atoms with Gasteiger partial charge in [0.15, 0.2) is 6.10 Å². The van der Waals surface area contributed by atoms with E-state index >= 15 is 0 Å². The first-order valence-electron chi connectivity index (χ1n) is 5.90. The molecular weight excluding hydrogens is 299 g/mol. The molecule has 0 radical (unpaired) electrons. The summed E-state index contributed by atoms with van der Waals surface area (Å²) in [4.78, 5) is 15.9. The first-order chi connectivity index (χ1) is 9.56. The molecule has 1 N–H and O–H groups in total. The predicted octanol–water partition coefficient (Wildman–Crippen LogP) is 3.79. The number of nitrogens with zero attached hydrogens (tertiary/aromatic N) is 1. The number of anilines is 1. The van der Waals surface area contributed by atoms with Crippen molar-refractivity contribution in [2.45, 2.75) is 13.0 Å². The molecule has 1 amide bonds. The molecule has 1 aromatic heterocycles. The second kappa shape index (κ2) is 6.59. The zero-order valence-corrected chi connectivity index (χ0v) is 12.2. The van der Waals surface area contributed by atoms with Crippen LogP contribution in [-0.2, 0) is 4.79 Å². The van der Waals surface area contributed by atoms with Crippen molar-refractivity contribution in [3.63, 3.8) is 0 Å². The highest BCUT2D eigenvalue weighted by Crippen LogP contribution is 2.24. The maximum absolute atomic E-state index is 12.0. The van der Waals surface area contributed by atoms with Crippen LogP contribution in [0.25, 0.3) is 0 Å². The van der Waals surface area contributed by atoms with Crippen LogP contribution in [-0.4, -0.2) is 17.0 Å². The smallest absolute Gasteiger partial charge is 0.266 e. The maximum atomic E-state index is 12.0. The second-order valence-electron chi connectivity index (χ2n) is 4.04. The van der Waals surface area contributed by atoms with Gasteiger partial charge in [-0.2, -0.15) is 0 Å². The number of nitrogens with one attached hydrogen (secondary N) is 1. The Morgan fingerprint density at radius 1 is 1.25 bits per heavy atom. The fraction of sp³-hybridized carbons (Fsp3) is 0.143. The number of rotatable bonds is 4. The molecule has 0 aliphatic heterocycles. The number of hydrogen-bond donors (Lipinski definition) is 1. The van der Waals surface area contributed by atoms with E-state index in [1.54, 1.807) is 43.3 Å². The minimum absolute atomic E-state index is 0.320. The lowest BCUT2D eigenvalue weighted by Crippen LogP contribution is -2.30. The Balaban J connectivity index is 1.99. The fourth-order valence-electron chi connectivity index (χ4n) is 1.46. The number of benzene rings is 1. The molecule has 1 aromatic carbocycles. The van der Waals surface area contributed by atoms with E-state index in [1.165, 1.54) is 6.20 Å². The van der Waals surface area contributed by atoms with Crippen LogP contribution >= 0.6 is 23.2 Å². The molecule has 0 aliphatic carbocycles. The van der Waals surface area contributed by atoms with Crippen molar-refractivity contribution in [3.8, 4) is 5.75 Å². The van der Waals surface area contributed by atoms with Crippen LogP contribution in [0.3, 0.4) is 0 Å². The molecule has 1 atom stereocenters. The number of carbonyl (C=O) groups is 1. The van der Waals surface area contributed by atoms with E-state index in [0.29, 0.717) is 21.6 Å². The quantitative estimate of drug-likeness (QED) is 0.934. The van der Waals surface area contributed by atoms with Crippen LogP contribution in [0.2, 0.25) is 10.0 Å². The normalized spacial score (nSPS) is 11.8. The van der Waals surface area contributed by atoms with Gasteiger partial charge in [0, 0.05) is 6.20 Å². The molecule has 2 rings (SSSR count). The van der Waals surface area contributed by atoms with Crippen LogP contribution < -0.4 is 10.1 Å². The highest BCUT2D eigenvalue weighted by molar-refractivity contribution is 6.32. The van der Waals surface area contributed by atoms with Gasteiger partial charge in [0.1, 0.15) is 11.6 Å². The molecule has 0 fully saturated rings. The summed E-state index contributed by atoms with van der Waals surface area (Å²) in [7, 11) is 0. The van der Waals surface area contributed by atoms with Gasteiger partial charge in [0.25, 0.3) is 5.91 Å². The summed E-state index contributed by atoms with van der Waals surface area (Å²) in [5, 5.41) is 3.59. The third-order valence-electron chi connectivity index (χ3n) is 2.49. The first kappa shape index (κ1) is 14.6. The average molecular weight is 311 g/mol. The van der Waals surface area contributed by atoms with E-state index in [9.17, 15) is 4.79 Å². The molecule has 2 aromatic rings. The zero-order chi connectivity index (χ0) is 14.5. The van der Waals surface area contributed by atoms with Crippen LogP contribution in [0, 0.1) is 0 Å². The average Bonchev–Trinajstić information content (AvgIpc) is 2.44. The van der Waals surface area contributed by atoms with Gasteiger partial charge in [-0.05, 0) is 31.2 Å². The van der Waals surface area contributed by atoms with Gasteiger partial charge in [-0.3, -0.25) is 4.79 Å². The van der Waals surface area contributed by atoms with Crippen molar-refractivity contribution >= 4 is 34.9 Å². The molecule has 0 spiro atoms. The maximum Gasteiger partial charge on any atom is 0.266 e. The fourth-order valence-corrected chi connectivity index (χ4v) is 1.75. The minimum atomic E-state index is -0.702. The standard InChI is InChI=1S/C14H12Cl2N2O2/c1-9(20-12-5-3-2-4-11(12)16)14(19)18-13-7-6-10(15)8-17-13/h2-9H,1H3,(H,17,18,19). The number of hydrogen-bond acceptors (Lipinski definition) is 3. The third kappa shape index (κ3) is 3.85. The Labute approximate surface area is 126 Å². The number of para-hydroxylation sites is 1. The molecular formula is C14H12Cl2N2O2. The van der Waals surface area contributed by atoms with Crippen LogP contribution in [0.4, 0.5) is 5.82 Å². The Kier molecular flexibility index (Phi) is 4.82. The monoisotopic (exact) mass is 310 g/mol. The summed E-state index contributed by atoms with van der Waals surface area (Å²) in [5.41, 5.74) is 0. The molecule has 6 heteroatoms. The van der Waals surface area contributed by atoms with Gasteiger partial charge < -0.3 is 10.1 Å². The number of pyridine rings is 1. The summed E-state index contributed by atoms with van der Waals surface area (Å²) in [5.74, 6) is 0.551. The van der Waals surface area contributed by atoms with E-state index in [-0.39, 0.29) is 5.91 Å². The summed E-state index contributed by atoms with van der Waals surface area (Å²) >= 11 is 11.7. The summed E-state index contributed by atoms with van der Waals surface area (Å²) in [6.45, 7) is 1.63. The molecule has 0 bridgehead atoms. The summed E-state index contributed by atoms with van der Waals surface area (Å²) in [6, 6.07) is 10.2. The van der Waals surface area contributed by atoms with E-state index in [4.69, 9.17) is 27.9 Å². The molecule has 0 saturated heterocycles. The zero-order valence-electron chi connectivity index (χ0n) is 10.6. The lowest BCUT2D eigenvalue weighted by Gasteiger charge is -2.15. The van der Waals surface area contributed by atoms with Crippen molar-refractivity contribution in [2.75, 3.05) is 5.32 Å². The highest BCUT2D eigenvalue weighted by Gasteiger charge is 2.16. The SMILES string of the molecule is CC(Oc1ccccc1Cl)C(=O)Nc1ccc(Cl)cn1. The van der Waals surface area contributed by atoms with E-state index in [1.807, 2.05) is 0 Å². The molecule has 20 heavy (non-hydrogen) atoms. The number of halogens is 2. The van der Waals surface area contributed by atoms with Gasteiger partial charge >= 0.3 is 0 Å². The number of carbonyl (C=O) groups excluding carboxylic acids is 1. The lowest BCUT2D eigenvalue weighted by atomic mass is 10.3. The molecule has 4 nitrogen and oxygen atoms in total. The van der Waals surface area contributed by atoms with Gasteiger partial charge in [0.2, 0.25) is 0 Å². The van der Waals surface area contributed by atoms with Crippen molar-refractivity contribution in [1.82, 2.24) is 4.98 Å². The van der Waals surface area contributed by atoms with Crippen molar-refractivity contribution in [2.24, 2.45) is 0 Å². The highest BCUT2D eigenvalue weighted by atomic mass is 35.5. The van der Waals surface area contributed by atoms with Crippen LogP contribution in [0.5, 0.6) is 5.75 Å². The largest absolute Gasteiger partial charge is 0.479 e. The Morgan fingerprint density at radius 3 is 2.65 bits per heavy atom. The van der Waals surface area contributed by atoms with Gasteiger partial charge in [-0.25, -0.2) is 4.98 Å². The second-order valence-corrected chi connectivity index (χ2v) is 4.89. The first-order valence-corrected chi connectivity index (χ1v) is 6.65. The van der Waals surface area contributed by atoms with E-state index in [2.05, 4.69) is 10.3 Å².